The molecule has 6 heteroatoms. The molecule has 0 saturated carbocycles. The van der Waals surface area contributed by atoms with Crippen molar-refractivity contribution in [1.82, 2.24) is 15.5 Å². The third-order valence-electron chi connectivity index (χ3n) is 3.22. The molecule has 0 aliphatic carbocycles. The second-order valence-electron chi connectivity index (χ2n) is 4.99. The third-order valence-corrected chi connectivity index (χ3v) is 3.53. The number of benzene rings is 1. The van der Waals surface area contributed by atoms with Gasteiger partial charge in [0.05, 0.1) is 16.9 Å². The van der Waals surface area contributed by atoms with Gasteiger partial charge in [0, 0.05) is 12.2 Å². The summed E-state index contributed by atoms with van der Waals surface area (Å²) in [5.41, 5.74) is 3.93. The van der Waals surface area contributed by atoms with Crippen molar-refractivity contribution in [2.75, 3.05) is 11.9 Å². The minimum atomic E-state index is -0.246. The number of carbonyl (C=O) groups is 1. The quantitative estimate of drug-likeness (QED) is 0.741. The van der Waals surface area contributed by atoms with E-state index in [-0.39, 0.29) is 6.03 Å². The number of amides is 2. The number of urea groups is 1. The molecule has 1 heterocycles. The van der Waals surface area contributed by atoms with Gasteiger partial charge >= 0.3 is 6.03 Å². The molecule has 1 aromatic heterocycles. The maximum atomic E-state index is 11.8. The number of rotatable bonds is 5. The van der Waals surface area contributed by atoms with E-state index < -0.39 is 0 Å². The van der Waals surface area contributed by atoms with E-state index in [1.807, 2.05) is 32.2 Å². The molecule has 0 aliphatic heterocycles. The average Bonchev–Trinajstić information content (AvgIpc) is 2.84. The first kappa shape index (κ1) is 15.4. The van der Waals surface area contributed by atoms with Gasteiger partial charge in [0.25, 0.3) is 0 Å². The number of H-pyrrole nitrogens is 1. The third kappa shape index (κ3) is 4.49. The van der Waals surface area contributed by atoms with Crippen LogP contribution in [0.4, 0.5) is 10.5 Å². The van der Waals surface area contributed by atoms with E-state index >= 15 is 0 Å². The van der Waals surface area contributed by atoms with Crippen LogP contribution in [-0.2, 0) is 6.42 Å². The van der Waals surface area contributed by atoms with E-state index in [1.165, 1.54) is 5.56 Å². The van der Waals surface area contributed by atoms with Crippen LogP contribution in [0.5, 0.6) is 0 Å². The van der Waals surface area contributed by atoms with Crippen molar-refractivity contribution in [3.63, 3.8) is 0 Å². The highest BCUT2D eigenvalue weighted by molar-refractivity contribution is 6.33. The molecule has 0 atom stereocenters. The number of hydrogen-bond acceptors (Lipinski definition) is 2. The fourth-order valence-corrected chi connectivity index (χ4v) is 2.28. The molecule has 2 aromatic rings. The Labute approximate surface area is 129 Å². The lowest BCUT2D eigenvalue weighted by atomic mass is 10.1. The summed E-state index contributed by atoms with van der Waals surface area (Å²) in [5.74, 6) is 0. The van der Waals surface area contributed by atoms with E-state index in [9.17, 15) is 4.79 Å². The van der Waals surface area contributed by atoms with Gasteiger partial charge in [-0.05, 0) is 49.9 Å². The Bertz CT molecular complexity index is 624. The van der Waals surface area contributed by atoms with Crippen LogP contribution in [0.3, 0.4) is 0 Å². The van der Waals surface area contributed by atoms with Crippen molar-refractivity contribution < 1.29 is 4.79 Å². The highest BCUT2D eigenvalue weighted by atomic mass is 35.5. The first-order valence-corrected chi connectivity index (χ1v) is 7.24. The van der Waals surface area contributed by atoms with Crippen LogP contribution in [-0.4, -0.2) is 22.8 Å². The molecule has 112 valence electrons. The topological polar surface area (TPSA) is 69.8 Å². The highest BCUT2D eigenvalue weighted by Gasteiger charge is 2.05. The molecule has 0 fully saturated rings. The lowest BCUT2D eigenvalue weighted by Crippen LogP contribution is -2.29. The van der Waals surface area contributed by atoms with E-state index in [4.69, 9.17) is 11.6 Å². The lowest BCUT2D eigenvalue weighted by Gasteiger charge is -2.09. The number of nitrogens with one attached hydrogen (secondary N) is 3. The first-order valence-electron chi connectivity index (χ1n) is 6.86. The van der Waals surface area contributed by atoms with Crippen molar-refractivity contribution in [1.29, 1.82) is 0 Å². The van der Waals surface area contributed by atoms with E-state index in [0.717, 1.165) is 24.1 Å². The Balaban J connectivity index is 1.73. The molecule has 1 aromatic carbocycles. The molecule has 0 saturated heterocycles. The van der Waals surface area contributed by atoms with Crippen LogP contribution >= 0.6 is 11.6 Å². The Kier molecular flexibility index (Phi) is 5.22. The fraction of sp³-hybridized carbons (Fsp3) is 0.333. The summed E-state index contributed by atoms with van der Waals surface area (Å²) in [5, 5.41) is 13.0. The van der Waals surface area contributed by atoms with Crippen LogP contribution in [0.2, 0.25) is 5.02 Å². The summed E-state index contributed by atoms with van der Waals surface area (Å²) in [4.78, 5) is 11.8. The van der Waals surface area contributed by atoms with E-state index in [1.54, 1.807) is 6.07 Å². The predicted octanol–water partition coefficient (Wildman–Crippen LogP) is 3.43. The maximum absolute atomic E-state index is 11.8. The summed E-state index contributed by atoms with van der Waals surface area (Å²) >= 11 is 6.07. The van der Waals surface area contributed by atoms with Crippen LogP contribution < -0.4 is 10.6 Å². The standard InChI is InChI=1S/C15H19ClN4O/c1-10-5-6-14(13(16)8-10)19-15(21)17-7-3-4-12-9-18-20-11(12)2/h5-6,8-9H,3-4,7H2,1-2H3,(H,18,20)(H2,17,19,21). The second kappa shape index (κ2) is 7.13. The minimum absolute atomic E-state index is 0.246. The smallest absolute Gasteiger partial charge is 0.319 e. The van der Waals surface area contributed by atoms with Gasteiger partial charge in [0.1, 0.15) is 0 Å². The summed E-state index contributed by atoms with van der Waals surface area (Å²) in [6.45, 7) is 4.54. The van der Waals surface area contributed by atoms with E-state index in [2.05, 4.69) is 20.8 Å². The number of halogens is 1. The SMILES string of the molecule is Cc1ccc(NC(=O)NCCCc2cn[nH]c2C)c(Cl)c1. The largest absolute Gasteiger partial charge is 0.338 e. The van der Waals surface area contributed by atoms with Crippen molar-refractivity contribution in [3.05, 3.63) is 46.2 Å². The second-order valence-corrected chi connectivity index (χ2v) is 5.40. The zero-order valence-electron chi connectivity index (χ0n) is 12.2. The molecule has 21 heavy (non-hydrogen) atoms. The molecule has 2 amide bonds. The van der Waals surface area contributed by atoms with Crippen molar-refractivity contribution in [2.45, 2.75) is 26.7 Å². The van der Waals surface area contributed by atoms with Crippen molar-refractivity contribution in [3.8, 4) is 0 Å². The van der Waals surface area contributed by atoms with Gasteiger partial charge in [0.15, 0.2) is 0 Å². The van der Waals surface area contributed by atoms with Gasteiger partial charge in [-0.3, -0.25) is 5.10 Å². The van der Waals surface area contributed by atoms with Gasteiger partial charge in [-0.2, -0.15) is 5.10 Å². The average molecular weight is 307 g/mol. The van der Waals surface area contributed by atoms with Crippen LogP contribution in [0, 0.1) is 13.8 Å². The zero-order valence-corrected chi connectivity index (χ0v) is 12.9. The number of anilines is 1. The van der Waals surface area contributed by atoms with Crippen LogP contribution in [0.15, 0.2) is 24.4 Å². The molecule has 2 rings (SSSR count). The van der Waals surface area contributed by atoms with Gasteiger partial charge in [-0.25, -0.2) is 4.79 Å². The molecule has 0 aliphatic rings. The lowest BCUT2D eigenvalue weighted by molar-refractivity contribution is 0.252. The molecular weight excluding hydrogens is 288 g/mol. The number of aromatic amines is 1. The van der Waals surface area contributed by atoms with Crippen LogP contribution in [0.25, 0.3) is 0 Å². The monoisotopic (exact) mass is 306 g/mol. The molecular formula is C15H19ClN4O. The zero-order chi connectivity index (χ0) is 15.2. The Morgan fingerprint density at radius 2 is 2.19 bits per heavy atom. The van der Waals surface area contributed by atoms with Gasteiger partial charge in [-0.15, -0.1) is 0 Å². The number of nitrogens with zero attached hydrogens (tertiary/aromatic N) is 1. The first-order chi connectivity index (χ1) is 10.1. The highest BCUT2D eigenvalue weighted by Crippen LogP contribution is 2.22. The predicted molar refractivity (Wildman–Crippen MR) is 84.9 cm³/mol. The molecule has 0 bridgehead atoms. The Hall–Kier alpha value is -2.01. The number of hydrogen-bond donors (Lipinski definition) is 3. The van der Waals surface area contributed by atoms with Gasteiger partial charge < -0.3 is 10.6 Å². The summed E-state index contributed by atoms with van der Waals surface area (Å²) in [7, 11) is 0. The van der Waals surface area contributed by atoms with Crippen LogP contribution in [0.1, 0.15) is 23.2 Å². The van der Waals surface area contributed by atoms with E-state index in [0.29, 0.717) is 17.3 Å². The molecule has 5 nitrogen and oxygen atoms in total. The Morgan fingerprint density at radius 1 is 1.38 bits per heavy atom. The number of aryl methyl sites for hydroxylation is 3. The maximum Gasteiger partial charge on any atom is 0.319 e. The summed E-state index contributed by atoms with van der Waals surface area (Å²) in [6, 6.07) is 5.28. The fourth-order valence-electron chi connectivity index (χ4n) is 2.00. The van der Waals surface area contributed by atoms with Gasteiger partial charge in [0.2, 0.25) is 0 Å². The molecule has 0 unspecified atom stereocenters. The number of carbonyl (C=O) groups excluding carboxylic acids is 1. The summed E-state index contributed by atoms with van der Waals surface area (Å²) in [6.07, 6.45) is 3.56. The Morgan fingerprint density at radius 3 is 2.86 bits per heavy atom. The summed E-state index contributed by atoms with van der Waals surface area (Å²) < 4.78 is 0. The molecule has 0 radical (unpaired) electrons. The van der Waals surface area contributed by atoms with Crippen molar-refractivity contribution in [2.24, 2.45) is 0 Å². The molecule has 3 N–H and O–H groups in total. The van der Waals surface area contributed by atoms with Gasteiger partial charge in [-0.1, -0.05) is 17.7 Å². The van der Waals surface area contributed by atoms with Crippen molar-refractivity contribution >= 4 is 23.3 Å². The normalized spacial score (nSPS) is 10.4. The number of aromatic nitrogens is 2. The molecule has 0 spiro atoms. The minimum Gasteiger partial charge on any atom is -0.338 e.